The van der Waals surface area contributed by atoms with E-state index >= 15 is 0 Å². The molecule has 2 atom stereocenters. The van der Waals surface area contributed by atoms with Gasteiger partial charge in [-0.25, -0.2) is 0 Å². The number of nitrogens with one attached hydrogen (secondary N) is 1. The van der Waals surface area contributed by atoms with Crippen LogP contribution in [-0.4, -0.2) is 12.1 Å². The minimum atomic E-state index is 0.465. The van der Waals surface area contributed by atoms with Crippen LogP contribution in [0.2, 0.25) is 0 Å². The third kappa shape index (κ3) is 1.45. The smallest absolute Gasteiger partial charge is 0.0947 e. The van der Waals surface area contributed by atoms with Crippen molar-refractivity contribution in [3.05, 3.63) is 0 Å². The van der Waals surface area contributed by atoms with E-state index in [0.717, 1.165) is 0 Å². The Balaban J connectivity index is 2.07. The molecule has 0 amide bonds. The highest BCUT2D eigenvalue weighted by molar-refractivity contribution is 4.91. The second-order valence-electron chi connectivity index (χ2n) is 4.78. The molecule has 68 valence electrons. The Morgan fingerprint density at radius 3 is 3.08 bits per heavy atom. The van der Waals surface area contributed by atoms with Crippen LogP contribution in [0.5, 0.6) is 0 Å². The van der Waals surface area contributed by atoms with E-state index in [9.17, 15) is 0 Å². The molecule has 2 rings (SSSR count). The van der Waals surface area contributed by atoms with Gasteiger partial charge in [0.2, 0.25) is 0 Å². The molecule has 1 heterocycles. The van der Waals surface area contributed by atoms with Crippen LogP contribution >= 0.6 is 0 Å². The summed E-state index contributed by atoms with van der Waals surface area (Å²) in [4.78, 5) is 0. The predicted octanol–water partition coefficient (Wildman–Crippen LogP) is 2.29. The quantitative estimate of drug-likeness (QED) is 0.590. The van der Waals surface area contributed by atoms with Crippen molar-refractivity contribution in [2.45, 2.75) is 51.6 Å². The Morgan fingerprint density at radius 2 is 2.25 bits per heavy atom. The van der Waals surface area contributed by atoms with Crippen molar-refractivity contribution >= 4 is 0 Å². The molecule has 3 heteroatoms. The molecule has 1 aliphatic heterocycles. The van der Waals surface area contributed by atoms with Gasteiger partial charge in [-0.15, -0.1) is 0 Å². The summed E-state index contributed by atoms with van der Waals surface area (Å²) in [5.74, 6) is 0. The first-order valence-corrected chi connectivity index (χ1v) is 4.83. The zero-order valence-corrected chi connectivity index (χ0v) is 7.88. The van der Waals surface area contributed by atoms with Gasteiger partial charge in [-0.2, -0.15) is 5.11 Å². The fourth-order valence-electron chi connectivity index (χ4n) is 2.28. The predicted molar refractivity (Wildman–Crippen MR) is 47.8 cm³/mol. The SMILES string of the molecule is CC1(C)CCCC2N=NNC2C1. The van der Waals surface area contributed by atoms with Gasteiger partial charge in [-0.05, 0) is 24.7 Å². The highest BCUT2D eigenvalue weighted by Gasteiger charge is 2.34. The van der Waals surface area contributed by atoms with Crippen LogP contribution < -0.4 is 5.43 Å². The van der Waals surface area contributed by atoms with Gasteiger partial charge in [-0.3, -0.25) is 5.43 Å². The largest absolute Gasteiger partial charge is 0.286 e. The molecule has 0 aromatic rings. The summed E-state index contributed by atoms with van der Waals surface area (Å²) in [6.07, 6.45) is 5.06. The molecule has 0 saturated heterocycles. The van der Waals surface area contributed by atoms with E-state index in [-0.39, 0.29) is 0 Å². The number of hydrogen-bond acceptors (Lipinski definition) is 3. The lowest BCUT2D eigenvalue weighted by Crippen LogP contribution is -2.32. The Hall–Kier alpha value is -0.600. The number of fused-ring (bicyclic) bond motifs is 1. The fraction of sp³-hybridized carbons (Fsp3) is 1.00. The average molecular weight is 167 g/mol. The summed E-state index contributed by atoms with van der Waals surface area (Å²) in [7, 11) is 0. The first-order valence-electron chi connectivity index (χ1n) is 4.83. The van der Waals surface area contributed by atoms with E-state index in [1.54, 1.807) is 0 Å². The van der Waals surface area contributed by atoms with E-state index in [2.05, 4.69) is 29.6 Å². The first kappa shape index (κ1) is 8.02. The van der Waals surface area contributed by atoms with Crippen LogP contribution in [0.1, 0.15) is 39.5 Å². The van der Waals surface area contributed by atoms with Crippen molar-refractivity contribution in [2.75, 3.05) is 0 Å². The zero-order valence-electron chi connectivity index (χ0n) is 7.88. The Morgan fingerprint density at radius 1 is 1.42 bits per heavy atom. The second-order valence-corrected chi connectivity index (χ2v) is 4.78. The zero-order chi connectivity index (χ0) is 8.60. The number of nitrogens with zero attached hydrogens (tertiary/aromatic N) is 2. The van der Waals surface area contributed by atoms with Crippen LogP contribution in [-0.2, 0) is 0 Å². The summed E-state index contributed by atoms with van der Waals surface area (Å²) in [5, 5.41) is 8.11. The standard InChI is InChI=1S/C9H17N3/c1-9(2)5-3-4-7-8(6-9)11-12-10-7/h7-8H,3-6H2,1-2H3,(H,10,11). The monoisotopic (exact) mass is 167 g/mol. The molecule has 0 aromatic carbocycles. The molecule has 0 bridgehead atoms. The summed E-state index contributed by atoms with van der Waals surface area (Å²) in [6, 6.07) is 0.981. The average Bonchev–Trinajstić information content (AvgIpc) is 2.31. The van der Waals surface area contributed by atoms with Gasteiger partial charge in [0.25, 0.3) is 0 Å². The summed E-state index contributed by atoms with van der Waals surface area (Å²) < 4.78 is 0. The van der Waals surface area contributed by atoms with Crippen molar-refractivity contribution in [1.29, 1.82) is 0 Å². The van der Waals surface area contributed by atoms with E-state index in [1.165, 1.54) is 25.7 Å². The molecular formula is C9H17N3. The lowest BCUT2D eigenvalue weighted by atomic mass is 9.83. The fourth-order valence-corrected chi connectivity index (χ4v) is 2.28. The highest BCUT2D eigenvalue weighted by atomic mass is 15.5. The van der Waals surface area contributed by atoms with E-state index in [0.29, 0.717) is 17.5 Å². The molecular weight excluding hydrogens is 150 g/mol. The third-order valence-electron chi connectivity index (χ3n) is 3.02. The molecule has 12 heavy (non-hydrogen) atoms. The molecule has 0 aromatic heterocycles. The van der Waals surface area contributed by atoms with Crippen LogP contribution in [0.3, 0.4) is 0 Å². The molecule has 1 fully saturated rings. The summed E-state index contributed by atoms with van der Waals surface area (Å²) >= 11 is 0. The third-order valence-corrected chi connectivity index (χ3v) is 3.02. The van der Waals surface area contributed by atoms with Crippen molar-refractivity contribution < 1.29 is 0 Å². The number of hydrogen-bond donors (Lipinski definition) is 1. The Bertz CT molecular complexity index is 198. The van der Waals surface area contributed by atoms with Crippen molar-refractivity contribution in [2.24, 2.45) is 15.8 Å². The Labute approximate surface area is 73.6 Å². The minimum Gasteiger partial charge on any atom is -0.286 e. The molecule has 1 aliphatic carbocycles. The highest BCUT2D eigenvalue weighted by Crippen LogP contribution is 2.36. The van der Waals surface area contributed by atoms with Crippen molar-refractivity contribution in [1.82, 2.24) is 5.43 Å². The van der Waals surface area contributed by atoms with Crippen LogP contribution in [0.4, 0.5) is 0 Å². The van der Waals surface area contributed by atoms with Crippen LogP contribution in [0, 0.1) is 5.41 Å². The summed E-state index contributed by atoms with van der Waals surface area (Å²) in [6.45, 7) is 4.69. The van der Waals surface area contributed by atoms with Crippen LogP contribution in [0.15, 0.2) is 10.3 Å². The maximum Gasteiger partial charge on any atom is 0.0947 e. The van der Waals surface area contributed by atoms with Gasteiger partial charge in [0, 0.05) is 0 Å². The Kier molecular flexibility index (Phi) is 1.81. The second kappa shape index (κ2) is 2.71. The maximum absolute atomic E-state index is 4.20. The molecule has 0 radical (unpaired) electrons. The van der Waals surface area contributed by atoms with Gasteiger partial charge < -0.3 is 0 Å². The normalized spacial score (nSPS) is 38.5. The molecule has 3 nitrogen and oxygen atoms in total. The molecule has 0 spiro atoms. The maximum atomic E-state index is 4.20. The number of rotatable bonds is 0. The van der Waals surface area contributed by atoms with E-state index in [1.807, 2.05) is 0 Å². The van der Waals surface area contributed by atoms with Gasteiger partial charge in [0.05, 0.1) is 12.1 Å². The van der Waals surface area contributed by atoms with Gasteiger partial charge in [0.15, 0.2) is 0 Å². The van der Waals surface area contributed by atoms with E-state index < -0.39 is 0 Å². The van der Waals surface area contributed by atoms with Gasteiger partial charge >= 0.3 is 0 Å². The van der Waals surface area contributed by atoms with Crippen LogP contribution in [0.25, 0.3) is 0 Å². The lowest BCUT2D eigenvalue weighted by Gasteiger charge is -2.25. The first-order chi connectivity index (χ1) is 5.67. The van der Waals surface area contributed by atoms with Crippen molar-refractivity contribution in [3.8, 4) is 0 Å². The van der Waals surface area contributed by atoms with Gasteiger partial charge in [0.1, 0.15) is 0 Å². The van der Waals surface area contributed by atoms with Crippen molar-refractivity contribution in [3.63, 3.8) is 0 Å². The van der Waals surface area contributed by atoms with Gasteiger partial charge in [-0.1, -0.05) is 25.5 Å². The minimum absolute atomic E-state index is 0.465. The molecule has 1 N–H and O–H groups in total. The topological polar surface area (TPSA) is 36.8 Å². The van der Waals surface area contributed by atoms with E-state index in [4.69, 9.17) is 0 Å². The summed E-state index contributed by atoms with van der Waals surface area (Å²) in [5.41, 5.74) is 3.59. The molecule has 1 saturated carbocycles. The molecule has 2 aliphatic rings. The molecule has 2 unspecified atom stereocenters. The lowest BCUT2D eigenvalue weighted by molar-refractivity contribution is 0.284.